The summed E-state index contributed by atoms with van der Waals surface area (Å²) in [6.07, 6.45) is 1.12. The molecule has 0 aliphatic carbocycles. The van der Waals surface area contributed by atoms with E-state index in [1.165, 1.54) is 0 Å². The van der Waals surface area contributed by atoms with Crippen molar-refractivity contribution in [2.75, 3.05) is 32.7 Å². The maximum Gasteiger partial charge on any atom is 0.236 e. The first-order chi connectivity index (χ1) is 9.33. The molecule has 0 spiro atoms. The van der Waals surface area contributed by atoms with Crippen molar-refractivity contribution in [1.29, 1.82) is 0 Å². The highest BCUT2D eigenvalue weighted by Crippen LogP contribution is 2.22. The van der Waals surface area contributed by atoms with Gasteiger partial charge in [0.2, 0.25) is 5.91 Å². The molecule has 0 radical (unpaired) electrons. The molecule has 2 unspecified atom stereocenters. The molecule has 0 aromatic carbocycles. The Balaban J connectivity index is 2.56. The van der Waals surface area contributed by atoms with Crippen LogP contribution in [0.3, 0.4) is 0 Å². The normalized spacial score (nSPS) is 23.8. The van der Waals surface area contributed by atoms with Gasteiger partial charge in [-0.1, -0.05) is 27.7 Å². The van der Waals surface area contributed by atoms with Gasteiger partial charge in [-0.25, -0.2) is 0 Å². The van der Waals surface area contributed by atoms with Gasteiger partial charge in [-0.15, -0.1) is 0 Å². The molecule has 1 saturated heterocycles. The van der Waals surface area contributed by atoms with Crippen LogP contribution >= 0.6 is 0 Å². The maximum atomic E-state index is 12.6. The van der Waals surface area contributed by atoms with Gasteiger partial charge in [0.05, 0.1) is 6.54 Å². The van der Waals surface area contributed by atoms with Gasteiger partial charge in [0, 0.05) is 25.7 Å². The van der Waals surface area contributed by atoms with Crippen LogP contribution in [0.1, 0.15) is 41.0 Å². The van der Waals surface area contributed by atoms with Crippen molar-refractivity contribution in [2.24, 2.45) is 23.5 Å². The lowest BCUT2D eigenvalue weighted by molar-refractivity contribution is -0.133. The van der Waals surface area contributed by atoms with E-state index in [2.05, 4.69) is 39.5 Å². The van der Waals surface area contributed by atoms with Crippen molar-refractivity contribution < 1.29 is 4.79 Å². The first kappa shape index (κ1) is 17.4. The topological polar surface area (TPSA) is 49.6 Å². The van der Waals surface area contributed by atoms with E-state index in [4.69, 9.17) is 5.73 Å². The fourth-order valence-corrected chi connectivity index (χ4v) is 3.04. The number of likely N-dealkylation sites (tertiary alicyclic amines) is 1. The Morgan fingerprint density at radius 2 is 1.80 bits per heavy atom. The van der Waals surface area contributed by atoms with Gasteiger partial charge in [-0.2, -0.15) is 0 Å². The number of carbonyl (C=O) groups is 1. The molecular weight excluding hydrogens is 250 g/mol. The highest BCUT2D eigenvalue weighted by molar-refractivity contribution is 5.78. The predicted octanol–water partition coefficient (Wildman–Crippen LogP) is 1.80. The van der Waals surface area contributed by atoms with Crippen LogP contribution in [-0.4, -0.2) is 54.5 Å². The Morgan fingerprint density at radius 1 is 1.25 bits per heavy atom. The van der Waals surface area contributed by atoms with Crippen molar-refractivity contribution in [3.8, 4) is 0 Å². The number of hydrogen-bond acceptors (Lipinski definition) is 3. The molecule has 2 atom stereocenters. The van der Waals surface area contributed by atoms with Crippen LogP contribution in [-0.2, 0) is 4.79 Å². The van der Waals surface area contributed by atoms with E-state index in [-0.39, 0.29) is 5.91 Å². The van der Waals surface area contributed by atoms with Gasteiger partial charge < -0.3 is 10.6 Å². The van der Waals surface area contributed by atoms with Crippen LogP contribution in [0.2, 0.25) is 0 Å². The number of carbonyl (C=O) groups excluding carboxylic acids is 1. The maximum absolute atomic E-state index is 12.6. The first-order valence-corrected chi connectivity index (χ1v) is 8.05. The zero-order chi connectivity index (χ0) is 15.3. The monoisotopic (exact) mass is 283 g/mol. The minimum atomic E-state index is 0.275. The van der Waals surface area contributed by atoms with E-state index >= 15 is 0 Å². The van der Waals surface area contributed by atoms with E-state index in [1.807, 2.05) is 4.90 Å². The average molecular weight is 283 g/mol. The van der Waals surface area contributed by atoms with E-state index in [0.717, 1.165) is 32.6 Å². The smallest absolute Gasteiger partial charge is 0.236 e. The van der Waals surface area contributed by atoms with Crippen molar-refractivity contribution in [2.45, 2.75) is 47.1 Å². The molecule has 1 aliphatic rings. The second-order valence-corrected chi connectivity index (χ2v) is 7.20. The Labute approximate surface area is 124 Å². The summed E-state index contributed by atoms with van der Waals surface area (Å²) in [6.45, 7) is 14.9. The summed E-state index contributed by atoms with van der Waals surface area (Å²) < 4.78 is 0. The lowest BCUT2D eigenvalue weighted by Crippen LogP contribution is -2.44. The van der Waals surface area contributed by atoms with Gasteiger partial charge in [0.25, 0.3) is 0 Å². The van der Waals surface area contributed by atoms with Crippen molar-refractivity contribution in [3.63, 3.8) is 0 Å². The molecule has 4 heteroatoms. The number of amides is 1. The van der Waals surface area contributed by atoms with Gasteiger partial charge in [-0.3, -0.25) is 9.69 Å². The number of rotatable bonds is 7. The average Bonchev–Trinajstić information content (AvgIpc) is 2.68. The van der Waals surface area contributed by atoms with Gasteiger partial charge in [0.15, 0.2) is 0 Å². The molecule has 4 nitrogen and oxygen atoms in total. The molecule has 0 bridgehead atoms. The molecule has 118 valence electrons. The molecule has 1 aliphatic heterocycles. The fraction of sp³-hybridized carbons (Fsp3) is 0.938. The Hall–Kier alpha value is -0.610. The lowest BCUT2D eigenvalue weighted by Gasteiger charge is -2.29. The van der Waals surface area contributed by atoms with Crippen LogP contribution in [0.15, 0.2) is 0 Å². The third kappa shape index (κ3) is 5.41. The molecule has 20 heavy (non-hydrogen) atoms. The predicted molar refractivity (Wildman–Crippen MR) is 84.5 cm³/mol. The largest absolute Gasteiger partial charge is 0.341 e. The quantitative estimate of drug-likeness (QED) is 0.775. The first-order valence-electron chi connectivity index (χ1n) is 8.05. The van der Waals surface area contributed by atoms with Crippen LogP contribution in [0, 0.1) is 17.8 Å². The van der Waals surface area contributed by atoms with Crippen LogP contribution in [0.4, 0.5) is 0 Å². The molecular formula is C16H33N3O. The SMILES string of the molecule is CC(C)CN(CC(C)C)C(=O)CN1CC(CN)CC1C. The van der Waals surface area contributed by atoms with E-state index < -0.39 is 0 Å². The van der Waals surface area contributed by atoms with Gasteiger partial charge in [-0.05, 0) is 37.6 Å². The van der Waals surface area contributed by atoms with Crippen molar-refractivity contribution in [1.82, 2.24) is 9.80 Å². The summed E-state index contributed by atoms with van der Waals surface area (Å²) in [6, 6.07) is 0.479. The van der Waals surface area contributed by atoms with E-state index in [9.17, 15) is 4.79 Å². The van der Waals surface area contributed by atoms with Crippen LogP contribution in [0.5, 0.6) is 0 Å². The molecule has 1 heterocycles. The third-order valence-electron chi connectivity index (χ3n) is 3.99. The minimum absolute atomic E-state index is 0.275. The van der Waals surface area contributed by atoms with Gasteiger partial charge >= 0.3 is 0 Å². The summed E-state index contributed by atoms with van der Waals surface area (Å²) in [4.78, 5) is 16.9. The molecule has 0 aromatic rings. The Bertz CT molecular complexity index is 294. The van der Waals surface area contributed by atoms with Gasteiger partial charge in [0.1, 0.15) is 0 Å². The summed E-state index contributed by atoms with van der Waals surface area (Å²) in [5.41, 5.74) is 5.76. The number of nitrogens with zero attached hydrogens (tertiary/aromatic N) is 2. The minimum Gasteiger partial charge on any atom is -0.341 e. The van der Waals surface area contributed by atoms with Crippen molar-refractivity contribution >= 4 is 5.91 Å². The highest BCUT2D eigenvalue weighted by Gasteiger charge is 2.30. The van der Waals surface area contributed by atoms with Crippen molar-refractivity contribution in [3.05, 3.63) is 0 Å². The second kappa shape index (κ2) is 7.99. The summed E-state index contributed by atoms with van der Waals surface area (Å²) in [5, 5.41) is 0. The summed E-state index contributed by atoms with van der Waals surface area (Å²) in [5.74, 6) is 1.87. The molecule has 0 aromatic heterocycles. The molecule has 1 amide bonds. The van der Waals surface area contributed by atoms with E-state index in [1.54, 1.807) is 0 Å². The standard InChI is InChI=1S/C16H33N3O/c1-12(2)8-19(9-13(3)4)16(20)11-18-10-15(7-17)6-14(18)5/h12-15H,6-11,17H2,1-5H3. The van der Waals surface area contributed by atoms with E-state index in [0.29, 0.717) is 30.3 Å². The number of hydrogen-bond donors (Lipinski definition) is 1. The molecule has 1 rings (SSSR count). The Morgan fingerprint density at radius 3 is 2.20 bits per heavy atom. The molecule has 1 fully saturated rings. The molecule has 0 saturated carbocycles. The number of nitrogens with two attached hydrogens (primary N) is 1. The zero-order valence-corrected chi connectivity index (χ0v) is 13.9. The van der Waals surface area contributed by atoms with Crippen LogP contribution < -0.4 is 5.73 Å². The fourth-order valence-electron chi connectivity index (χ4n) is 3.04. The zero-order valence-electron chi connectivity index (χ0n) is 13.9. The Kier molecular flexibility index (Phi) is 6.96. The summed E-state index contributed by atoms with van der Waals surface area (Å²) in [7, 11) is 0. The summed E-state index contributed by atoms with van der Waals surface area (Å²) >= 11 is 0. The van der Waals surface area contributed by atoms with Crippen LogP contribution in [0.25, 0.3) is 0 Å². The second-order valence-electron chi connectivity index (χ2n) is 7.20. The molecule has 2 N–H and O–H groups in total. The lowest BCUT2D eigenvalue weighted by atomic mass is 10.1. The third-order valence-corrected chi connectivity index (χ3v) is 3.99. The highest BCUT2D eigenvalue weighted by atomic mass is 16.2.